The number of benzene rings is 3. The molecule has 1 heterocycles. The molecule has 0 aromatic heterocycles. The lowest BCUT2D eigenvalue weighted by atomic mass is 10.1. The van der Waals surface area contributed by atoms with Crippen molar-refractivity contribution in [3.8, 4) is 5.75 Å². The van der Waals surface area contributed by atoms with Crippen molar-refractivity contribution in [3.05, 3.63) is 99.3 Å². The van der Waals surface area contributed by atoms with Gasteiger partial charge in [0.15, 0.2) is 5.75 Å². The zero-order valence-electron chi connectivity index (χ0n) is 15.9. The molecule has 5 nitrogen and oxygen atoms in total. The topological polar surface area (TPSA) is 58.6 Å². The molecular weight excluding hydrogens is 442 g/mol. The van der Waals surface area contributed by atoms with E-state index in [-0.39, 0.29) is 33.8 Å². The monoisotopic (exact) mass is 456 g/mol. The van der Waals surface area contributed by atoms with Gasteiger partial charge in [0.1, 0.15) is 18.0 Å². The Morgan fingerprint density at radius 2 is 1.68 bits per heavy atom. The number of hydrogen-bond donors (Lipinski definition) is 1. The molecule has 0 atom stereocenters. The minimum atomic E-state index is -0.535. The molecular formula is C23H15Cl2FN2O3. The molecule has 0 radical (unpaired) electrons. The third-order valence-electron chi connectivity index (χ3n) is 4.51. The number of hydrogen-bond acceptors (Lipinski definition) is 3. The highest BCUT2D eigenvalue weighted by Gasteiger charge is 2.34. The van der Waals surface area contributed by atoms with Crippen molar-refractivity contribution in [2.45, 2.75) is 6.61 Å². The Bertz CT molecular complexity index is 1180. The van der Waals surface area contributed by atoms with E-state index in [0.29, 0.717) is 16.8 Å². The van der Waals surface area contributed by atoms with Gasteiger partial charge in [-0.15, -0.1) is 0 Å². The van der Waals surface area contributed by atoms with Gasteiger partial charge in [0, 0.05) is 0 Å². The van der Waals surface area contributed by atoms with Crippen LogP contribution in [-0.4, -0.2) is 11.8 Å². The van der Waals surface area contributed by atoms with Gasteiger partial charge in [0.05, 0.1) is 15.7 Å². The lowest BCUT2D eigenvalue weighted by Crippen LogP contribution is -2.35. The second-order valence-corrected chi connectivity index (χ2v) is 7.52. The molecule has 31 heavy (non-hydrogen) atoms. The molecule has 4 rings (SSSR count). The lowest BCUT2D eigenvalue weighted by molar-refractivity contribution is -0.117. The zero-order valence-corrected chi connectivity index (χ0v) is 17.5. The van der Waals surface area contributed by atoms with Gasteiger partial charge in [-0.05, 0) is 53.6 Å². The van der Waals surface area contributed by atoms with E-state index < -0.39 is 11.8 Å². The number of anilines is 1. The van der Waals surface area contributed by atoms with Crippen molar-refractivity contribution in [3.63, 3.8) is 0 Å². The van der Waals surface area contributed by atoms with E-state index in [1.54, 1.807) is 36.4 Å². The fourth-order valence-electron chi connectivity index (χ4n) is 3.07. The molecule has 1 aliphatic rings. The molecule has 1 fully saturated rings. The molecule has 3 aromatic rings. The summed E-state index contributed by atoms with van der Waals surface area (Å²) in [5.41, 5.74) is 4.10. The van der Waals surface area contributed by atoms with Gasteiger partial charge in [0.2, 0.25) is 0 Å². The lowest BCUT2D eigenvalue weighted by Gasteiger charge is -2.14. The summed E-state index contributed by atoms with van der Waals surface area (Å²) in [6.45, 7) is 0.0740. The first-order valence-corrected chi connectivity index (χ1v) is 9.96. The summed E-state index contributed by atoms with van der Waals surface area (Å²) in [5, 5.41) is 1.57. The van der Waals surface area contributed by atoms with Crippen LogP contribution in [0.2, 0.25) is 10.0 Å². The van der Waals surface area contributed by atoms with Crippen molar-refractivity contribution in [1.82, 2.24) is 5.43 Å². The van der Waals surface area contributed by atoms with E-state index in [0.717, 1.165) is 0 Å². The summed E-state index contributed by atoms with van der Waals surface area (Å²) >= 11 is 12.6. The number of para-hydroxylation sites is 1. The van der Waals surface area contributed by atoms with Crippen LogP contribution in [0.3, 0.4) is 0 Å². The number of nitrogens with zero attached hydrogens (tertiary/aromatic N) is 1. The van der Waals surface area contributed by atoms with Gasteiger partial charge < -0.3 is 4.74 Å². The van der Waals surface area contributed by atoms with E-state index in [4.69, 9.17) is 27.9 Å². The van der Waals surface area contributed by atoms with Gasteiger partial charge in [-0.1, -0.05) is 53.5 Å². The number of nitrogens with one attached hydrogen (secondary N) is 1. The number of amides is 2. The van der Waals surface area contributed by atoms with Crippen LogP contribution in [0.4, 0.5) is 10.1 Å². The summed E-state index contributed by atoms with van der Waals surface area (Å²) in [6.07, 6.45) is 1.41. The third kappa shape index (κ3) is 4.55. The number of ether oxygens (including phenoxy) is 1. The van der Waals surface area contributed by atoms with Crippen molar-refractivity contribution in [2.75, 3.05) is 5.01 Å². The molecule has 3 aromatic carbocycles. The Hall–Kier alpha value is -3.35. The summed E-state index contributed by atoms with van der Waals surface area (Å²) in [7, 11) is 0. The largest absolute Gasteiger partial charge is 0.486 e. The number of carbonyl (C=O) groups excluding carboxylic acids is 2. The van der Waals surface area contributed by atoms with Crippen molar-refractivity contribution >= 4 is 46.8 Å². The zero-order chi connectivity index (χ0) is 22.0. The SMILES string of the molecule is O=C1NN(c2ccccc2)C(=O)/C1=C\c1cc(Cl)c(OCc2cccc(F)c2)c(Cl)c1. The predicted molar refractivity (Wildman–Crippen MR) is 117 cm³/mol. The minimum absolute atomic E-state index is 0.0515. The van der Waals surface area contributed by atoms with E-state index in [2.05, 4.69) is 5.43 Å². The highest BCUT2D eigenvalue weighted by Crippen LogP contribution is 2.36. The molecule has 8 heteroatoms. The smallest absolute Gasteiger partial charge is 0.282 e. The maximum Gasteiger partial charge on any atom is 0.282 e. The fraction of sp³-hybridized carbons (Fsp3) is 0.0435. The van der Waals surface area contributed by atoms with Gasteiger partial charge in [-0.3, -0.25) is 15.0 Å². The van der Waals surface area contributed by atoms with Crippen LogP contribution in [0, 0.1) is 5.82 Å². The second kappa shape index (κ2) is 8.79. The Kier molecular flexibility index (Phi) is 5.93. The highest BCUT2D eigenvalue weighted by molar-refractivity contribution is 6.37. The average Bonchev–Trinajstić information content (AvgIpc) is 3.02. The Balaban J connectivity index is 1.56. The van der Waals surface area contributed by atoms with Gasteiger partial charge in [-0.25, -0.2) is 9.40 Å². The first-order valence-electron chi connectivity index (χ1n) is 9.21. The first kappa shape index (κ1) is 20.9. The average molecular weight is 457 g/mol. The van der Waals surface area contributed by atoms with Crippen LogP contribution in [0.1, 0.15) is 11.1 Å². The normalized spacial score (nSPS) is 14.8. The van der Waals surface area contributed by atoms with Crippen molar-refractivity contribution in [1.29, 1.82) is 0 Å². The van der Waals surface area contributed by atoms with Crippen molar-refractivity contribution < 1.29 is 18.7 Å². The van der Waals surface area contributed by atoms with Crippen molar-refractivity contribution in [2.24, 2.45) is 0 Å². The summed E-state index contributed by atoms with van der Waals surface area (Å²) < 4.78 is 19.0. The molecule has 1 N–H and O–H groups in total. The second-order valence-electron chi connectivity index (χ2n) is 6.71. The van der Waals surface area contributed by atoms with E-state index in [1.807, 2.05) is 6.07 Å². The third-order valence-corrected chi connectivity index (χ3v) is 5.07. The van der Waals surface area contributed by atoms with Crippen LogP contribution in [0.15, 0.2) is 72.3 Å². The molecule has 0 aliphatic carbocycles. The van der Waals surface area contributed by atoms with E-state index in [1.165, 1.54) is 35.4 Å². The summed E-state index contributed by atoms with van der Waals surface area (Å²) in [4.78, 5) is 25.0. The number of carbonyl (C=O) groups is 2. The van der Waals surface area contributed by atoms with Crippen LogP contribution >= 0.6 is 23.2 Å². The standard InChI is InChI=1S/C23H15Cl2FN2O3/c24-19-11-15(12-20(25)21(19)31-13-14-5-4-6-16(26)9-14)10-18-22(29)27-28(23(18)30)17-7-2-1-3-8-17/h1-12H,13H2,(H,27,29)/b18-10-. The van der Waals surface area contributed by atoms with Gasteiger partial charge >= 0.3 is 0 Å². The fourth-order valence-corrected chi connectivity index (χ4v) is 3.68. The maximum atomic E-state index is 13.3. The minimum Gasteiger partial charge on any atom is -0.486 e. The van der Waals surface area contributed by atoms with Gasteiger partial charge in [-0.2, -0.15) is 0 Å². The molecule has 2 amide bonds. The maximum absolute atomic E-state index is 13.3. The Morgan fingerprint density at radius 1 is 0.968 bits per heavy atom. The van der Waals surface area contributed by atoms with Crippen LogP contribution in [0.25, 0.3) is 6.08 Å². The number of rotatable bonds is 5. The molecule has 0 unspecified atom stereocenters. The van der Waals surface area contributed by atoms with E-state index in [9.17, 15) is 14.0 Å². The highest BCUT2D eigenvalue weighted by atomic mass is 35.5. The molecule has 156 valence electrons. The number of halogens is 3. The molecule has 1 aliphatic heterocycles. The summed E-state index contributed by atoms with van der Waals surface area (Å²) in [6, 6.07) is 17.8. The van der Waals surface area contributed by atoms with Crippen LogP contribution in [-0.2, 0) is 16.2 Å². The first-order chi connectivity index (χ1) is 14.9. The quantitative estimate of drug-likeness (QED) is 0.425. The predicted octanol–water partition coefficient (Wildman–Crippen LogP) is 5.17. The molecule has 0 bridgehead atoms. The summed E-state index contributed by atoms with van der Waals surface area (Å²) in [5.74, 6) is -1.17. The Morgan fingerprint density at radius 3 is 2.35 bits per heavy atom. The number of hydrazine groups is 1. The van der Waals surface area contributed by atoms with Crippen LogP contribution in [0.5, 0.6) is 5.75 Å². The van der Waals surface area contributed by atoms with Crippen LogP contribution < -0.4 is 15.2 Å². The van der Waals surface area contributed by atoms with Gasteiger partial charge in [0.25, 0.3) is 11.8 Å². The van der Waals surface area contributed by atoms with E-state index >= 15 is 0 Å². The molecule has 1 saturated heterocycles. The molecule has 0 saturated carbocycles. The Labute approximate surface area is 187 Å². The molecule has 0 spiro atoms.